The molecule has 0 saturated carbocycles. The van der Waals surface area contributed by atoms with E-state index in [2.05, 4.69) is 0 Å². The fourth-order valence-electron chi connectivity index (χ4n) is 1.57. The molecule has 2 aromatic rings. The van der Waals surface area contributed by atoms with Gasteiger partial charge in [0.05, 0.1) is 25.4 Å². The molecule has 0 spiro atoms. The van der Waals surface area contributed by atoms with Crippen LogP contribution >= 0.6 is 8.25 Å². The minimum atomic E-state index is -2.41. The third-order valence-corrected chi connectivity index (χ3v) is 3.29. The monoisotopic (exact) mass is 299 g/mol. The first kappa shape index (κ1) is 14.9. The van der Waals surface area contributed by atoms with E-state index in [1.165, 1.54) is 12.5 Å². The second kappa shape index (κ2) is 7.33. The first-order chi connectivity index (χ1) is 9.63. The van der Waals surface area contributed by atoms with Gasteiger partial charge in [0.1, 0.15) is 11.5 Å². The maximum Gasteiger partial charge on any atom is 0.700 e. The zero-order valence-electron chi connectivity index (χ0n) is 10.7. The first-order valence-electron chi connectivity index (χ1n) is 6.00. The Kier molecular flexibility index (Phi) is 5.46. The third kappa shape index (κ3) is 4.88. The summed E-state index contributed by atoms with van der Waals surface area (Å²) in [6.45, 7) is 0. The average Bonchev–Trinajstić information content (AvgIpc) is 3.01. The zero-order chi connectivity index (χ0) is 14.4. The minimum absolute atomic E-state index is 0.296. The van der Waals surface area contributed by atoms with Crippen molar-refractivity contribution in [1.82, 2.24) is 0 Å². The molecular formula is C12H16N2O5P+. The average molecular weight is 299 g/mol. The quantitative estimate of drug-likeness (QED) is 0.565. The molecule has 2 unspecified atom stereocenters. The van der Waals surface area contributed by atoms with Gasteiger partial charge in [-0.05, 0) is 24.3 Å². The Bertz CT molecular complexity index is 468. The summed E-state index contributed by atoms with van der Waals surface area (Å²) in [6.07, 6.45) is 2.06. The van der Waals surface area contributed by atoms with E-state index in [1.54, 1.807) is 24.3 Å². The van der Waals surface area contributed by atoms with Gasteiger partial charge in [0.25, 0.3) is 0 Å². The standard InChI is InChI=1S/C12H16N2O5P/c13-11(7-9-3-1-5-16-9)18-20(15)19-12(14)8-10-4-2-6-17-10/h1-6,11-12H,7-8,13-14H2/q+1. The van der Waals surface area contributed by atoms with Crippen LogP contribution in [0.25, 0.3) is 0 Å². The van der Waals surface area contributed by atoms with Gasteiger partial charge in [0, 0.05) is 4.57 Å². The van der Waals surface area contributed by atoms with E-state index in [9.17, 15) is 4.57 Å². The summed E-state index contributed by atoms with van der Waals surface area (Å²) in [5.74, 6) is 1.28. The lowest BCUT2D eigenvalue weighted by Gasteiger charge is -2.04. The molecule has 0 amide bonds. The van der Waals surface area contributed by atoms with Crippen molar-refractivity contribution < 1.29 is 22.4 Å². The number of hydrogen-bond acceptors (Lipinski definition) is 7. The normalized spacial score (nSPS) is 15.0. The van der Waals surface area contributed by atoms with Crippen LogP contribution in [0, 0.1) is 0 Å². The molecule has 0 aromatic carbocycles. The summed E-state index contributed by atoms with van der Waals surface area (Å²) in [7, 11) is -2.41. The van der Waals surface area contributed by atoms with Crippen LogP contribution in [-0.4, -0.2) is 12.5 Å². The van der Waals surface area contributed by atoms with Crippen molar-refractivity contribution in [1.29, 1.82) is 0 Å². The number of nitrogens with two attached hydrogens (primary N) is 2. The number of rotatable bonds is 8. The van der Waals surface area contributed by atoms with Gasteiger partial charge in [-0.3, -0.25) is 0 Å². The second-order valence-corrected chi connectivity index (χ2v) is 4.95. The maximum absolute atomic E-state index is 11.6. The molecule has 0 bridgehead atoms. The van der Waals surface area contributed by atoms with E-state index in [-0.39, 0.29) is 0 Å². The molecule has 0 fully saturated rings. The highest BCUT2D eigenvalue weighted by molar-refractivity contribution is 7.33. The van der Waals surface area contributed by atoms with Gasteiger partial charge < -0.3 is 20.3 Å². The van der Waals surface area contributed by atoms with Gasteiger partial charge in [-0.25, -0.2) is 0 Å². The molecule has 0 aliphatic carbocycles. The largest absolute Gasteiger partial charge is 0.700 e. The van der Waals surface area contributed by atoms with Crippen molar-refractivity contribution in [2.24, 2.45) is 11.5 Å². The van der Waals surface area contributed by atoms with Crippen LogP contribution in [0.4, 0.5) is 0 Å². The highest BCUT2D eigenvalue weighted by atomic mass is 31.1. The molecule has 2 aromatic heterocycles. The summed E-state index contributed by atoms with van der Waals surface area (Å²) in [5, 5.41) is 0. The highest BCUT2D eigenvalue weighted by Crippen LogP contribution is 2.27. The van der Waals surface area contributed by atoms with Gasteiger partial charge in [0.15, 0.2) is 12.5 Å². The van der Waals surface area contributed by atoms with Gasteiger partial charge in [-0.1, -0.05) is 9.05 Å². The Morgan fingerprint density at radius 3 is 1.80 bits per heavy atom. The van der Waals surface area contributed by atoms with Gasteiger partial charge in [-0.15, -0.1) is 0 Å². The van der Waals surface area contributed by atoms with Crippen LogP contribution in [0.5, 0.6) is 0 Å². The SMILES string of the molecule is NC(Cc1ccco1)O[P+](=O)OC(N)Cc1ccco1. The number of furan rings is 2. The molecule has 108 valence electrons. The molecule has 0 aliphatic heterocycles. The first-order valence-corrected chi connectivity index (χ1v) is 7.10. The predicted molar refractivity (Wildman–Crippen MR) is 70.6 cm³/mol. The van der Waals surface area contributed by atoms with Crippen molar-refractivity contribution in [2.45, 2.75) is 25.3 Å². The van der Waals surface area contributed by atoms with E-state index in [4.69, 9.17) is 29.3 Å². The minimum Gasteiger partial charge on any atom is -0.469 e. The molecule has 20 heavy (non-hydrogen) atoms. The smallest absolute Gasteiger partial charge is 0.469 e. The van der Waals surface area contributed by atoms with Crippen LogP contribution in [0.2, 0.25) is 0 Å². The Balaban J connectivity index is 1.71. The van der Waals surface area contributed by atoms with E-state index in [1.807, 2.05) is 0 Å². The molecule has 0 saturated heterocycles. The van der Waals surface area contributed by atoms with Crippen molar-refractivity contribution in [3.8, 4) is 0 Å². The fraction of sp³-hybridized carbons (Fsp3) is 0.333. The zero-order valence-corrected chi connectivity index (χ0v) is 11.6. The maximum atomic E-state index is 11.6. The van der Waals surface area contributed by atoms with Crippen LogP contribution in [0.15, 0.2) is 45.6 Å². The van der Waals surface area contributed by atoms with Gasteiger partial charge in [-0.2, -0.15) is 0 Å². The van der Waals surface area contributed by atoms with Crippen LogP contribution in [-0.2, 0) is 26.5 Å². The van der Waals surface area contributed by atoms with E-state index in [0.717, 1.165) is 0 Å². The van der Waals surface area contributed by atoms with E-state index < -0.39 is 20.7 Å². The third-order valence-electron chi connectivity index (χ3n) is 2.41. The van der Waals surface area contributed by atoms with Crippen LogP contribution < -0.4 is 11.5 Å². The molecular weight excluding hydrogens is 283 g/mol. The summed E-state index contributed by atoms with van der Waals surface area (Å²) >= 11 is 0. The molecule has 2 rings (SSSR count). The summed E-state index contributed by atoms with van der Waals surface area (Å²) < 4.78 is 31.8. The van der Waals surface area contributed by atoms with Gasteiger partial charge in [0.2, 0.25) is 0 Å². The molecule has 4 N–H and O–H groups in total. The lowest BCUT2D eigenvalue weighted by Crippen LogP contribution is -2.27. The van der Waals surface area contributed by atoms with Crippen molar-refractivity contribution >= 4 is 8.25 Å². The Hall–Kier alpha value is -1.50. The van der Waals surface area contributed by atoms with Gasteiger partial charge >= 0.3 is 8.25 Å². The lowest BCUT2D eigenvalue weighted by molar-refractivity contribution is 0.129. The molecule has 7 nitrogen and oxygen atoms in total. The Morgan fingerprint density at radius 2 is 1.45 bits per heavy atom. The van der Waals surface area contributed by atoms with Crippen molar-refractivity contribution in [3.63, 3.8) is 0 Å². The fourth-order valence-corrected chi connectivity index (χ4v) is 2.22. The Labute approximate surface area is 116 Å². The molecule has 2 heterocycles. The molecule has 2 atom stereocenters. The molecule has 0 aliphatic rings. The summed E-state index contributed by atoms with van der Waals surface area (Å²) in [5.41, 5.74) is 11.3. The van der Waals surface area contributed by atoms with Crippen molar-refractivity contribution in [2.75, 3.05) is 0 Å². The second-order valence-electron chi connectivity index (χ2n) is 4.08. The predicted octanol–water partition coefficient (Wildman–Crippen LogP) is 1.92. The van der Waals surface area contributed by atoms with E-state index >= 15 is 0 Å². The molecule has 8 heteroatoms. The topological polar surface area (TPSA) is 114 Å². The highest BCUT2D eigenvalue weighted by Gasteiger charge is 2.29. The molecule has 0 radical (unpaired) electrons. The van der Waals surface area contributed by atoms with Crippen molar-refractivity contribution in [3.05, 3.63) is 48.3 Å². The number of hydrogen-bond donors (Lipinski definition) is 2. The lowest BCUT2D eigenvalue weighted by atomic mass is 10.3. The van der Waals surface area contributed by atoms with Crippen LogP contribution in [0.1, 0.15) is 11.5 Å². The van der Waals surface area contributed by atoms with Crippen LogP contribution in [0.3, 0.4) is 0 Å². The summed E-state index contributed by atoms with van der Waals surface area (Å²) in [6, 6.07) is 6.97. The van der Waals surface area contributed by atoms with E-state index in [0.29, 0.717) is 24.4 Å². The Morgan fingerprint density at radius 1 is 1.00 bits per heavy atom. The summed E-state index contributed by atoms with van der Waals surface area (Å²) in [4.78, 5) is 0.